The zero-order valence-electron chi connectivity index (χ0n) is 77.2. The number of anilines is 2. The van der Waals surface area contributed by atoms with Crippen molar-refractivity contribution in [1.29, 1.82) is 0 Å². The van der Waals surface area contributed by atoms with Crippen LogP contribution in [0.2, 0.25) is 0 Å². The van der Waals surface area contributed by atoms with Gasteiger partial charge >= 0.3 is 0 Å². The molecule has 20 fully saturated rings. The van der Waals surface area contributed by atoms with Gasteiger partial charge in [0.1, 0.15) is 5.71 Å². The van der Waals surface area contributed by atoms with E-state index in [2.05, 4.69) is 116 Å². The van der Waals surface area contributed by atoms with E-state index < -0.39 is 0 Å². The molecule has 6 aliphatic heterocycles. The molecule has 0 aromatic heterocycles. The SMILES string of the molecule is CC1(C)[C@@H]2CC[C@H](CN3C(=O)C4C5C=CC(C5)C4C3=O)[C@H]1C2.CC1(C)[C@@H]2CC[C@H](CN3C(=O)C4CC=CCC4C3=O)[C@H]1C2.CC1(C)[C@@H]2CC[C@H](CN3Cc4c(N)cccc4C3=O)[C@H]1C2.CC1(C)[C@@H]2CC[C@H](CN3Cc4c(cccc4[N+](=O)[O-])C3=O)[C@H]1C2.C[C@@H]1[C@@H](N2C=C3C(=CC=C/C3=N\OO)C2=O)C[C@H]2C[C@@H]1C2(C)C.Nc1cccc2c1CN([C@H]1C[C@H]3CC[C@@H]1C3)C2=O. The molecule has 6 heterocycles. The molecule has 21 aliphatic carbocycles. The summed E-state index contributed by atoms with van der Waals surface area (Å²) in [5.41, 5.74) is 22.4. The molecule has 0 spiro atoms. The first-order valence-corrected chi connectivity index (χ1v) is 49.3. The molecule has 14 bridgehead atoms. The molecule has 22 heteroatoms. The van der Waals surface area contributed by atoms with E-state index in [1.165, 1.54) is 115 Å². The zero-order chi connectivity index (χ0) is 89.8. The van der Waals surface area contributed by atoms with Crippen LogP contribution in [0.25, 0.3) is 0 Å². The molecule has 128 heavy (non-hydrogen) atoms. The van der Waals surface area contributed by atoms with Crippen LogP contribution in [0.3, 0.4) is 0 Å². The fourth-order valence-electron chi connectivity index (χ4n) is 31.5. The number of nitrogen functional groups attached to an aromatic ring is 2. The average molecular weight is 1740 g/mol. The van der Waals surface area contributed by atoms with Gasteiger partial charge in [-0.25, -0.2) is 4.99 Å². The van der Waals surface area contributed by atoms with Gasteiger partial charge in [0.25, 0.3) is 29.3 Å². The second-order valence-electron chi connectivity index (χ2n) is 46.7. The third-order valence-electron chi connectivity index (χ3n) is 40.0. The highest BCUT2D eigenvalue weighted by Gasteiger charge is 2.64. The highest BCUT2D eigenvalue weighted by molar-refractivity contribution is 6.22. The first kappa shape index (κ1) is 87.0. The minimum atomic E-state index is -0.379. The van der Waals surface area contributed by atoms with Crippen LogP contribution in [0, 0.1) is 173 Å². The first-order chi connectivity index (χ1) is 61.0. The summed E-state index contributed by atoms with van der Waals surface area (Å²) in [6, 6.07) is 16.9. The van der Waals surface area contributed by atoms with Crippen LogP contribution in [0.4, 0.5) is 17.1 Å². The van der Waals surface area contributed by atoms with Gasteiger partial charge in [-0.3, -0.25) is 58.3 Å². The van der Waals surface area contributed by atoms with Crippen LogP contribution < -0.4 is 11.5 Å². The van der Waals surface area contributed by atoms with Crippen LogP contribution in [0.5, 0.6) is 0 Å². The van der Waals surface area contributed by atoms with Gasteiger partial charge < -0.3 is 31.1 Å². The summed E-state index contributed by atoms with van der Waals surface area (Å²) in [7, 11) is 0. The number of likely N-dealkylation sites (tertiary alicyclic amines) is 2. The van der Waals surface area contributed by atoms with Gasteiger partial charge in [-0.2, -0.15) is 5.26 Å². The minimum Gasteiger partial charge on any atom is -0.398 e. The van der Waals surface area contributed by atoms with Crippen LogP contribution in [-0.2, 0) is 48.6 Å². The number of nitro benzene ring substituents is 1. The predicted octanol–water partition coefficient (Wildman–Crippen LogP) is 18.3. The van der Waals surface area contributed by atoms with Gasteiger partial charge in [0.2, 0.25) is 23.6 Å². The Morgan fingerprint density at radius 3 is 1.37 bits per heavy atom. The Labute approximate surface area is 755 Å². The number of benzene rings is 3. The molecule has 22 nitrogen and oxygen atoms in total. The number of carbonyl (C=O) groups is 8. The Morgan fingerprint density at radius 1 is 0.477 bits per heavy atom. The summed E-state index contributed by atoms with van der Waals surface area (Å²) in [4.78, 5) is 127. The van der Waals surface area contributed by atoms with E-state index in [1.807, 2.05) is 63.4 Å². The molecule has 30 rings (SSSR count). The smallest absolute Gasteiger partial charge is 0.275 e. The standard InChI is InChI=1S/C19H25NO2.2C18H22N2O3.C18H24N2O.C18H25NO2.C15H18N2O/c1-19(2)13-6-5-12(14(19)8-13)9-20-17(21)15-10-3-4-11(7-10)16(15)18(20)22;1-10-14-7-11(18(14,2)3)8-16(10)20-9-13-12(17(20)21)5-4-6-15(13)19-23-22;1-18(2)12-7-6-11(15(18)8-12)9-19-10-14-13(17(19)21)4-3-5-16(14)20(22)23;1-18(2)12-7-6-11(15(18)8-12)9-20-10-14-13(17(20)21)4-3-5-16(14)19;1-18(2)12-8-7-11(15(18)9-12)10-19-16(20)13-5-3-4-6-14(13)17(19)21;16-13-3-1-2-11-12(13)8-17(15(11)18)14-7-9-4-5-10(14)6-9/h3-4,10-16H,5-9H2,1-2H3;4-6,9-11,14,16,22H,7-8H2,1-3H3;3-5,11-12,15H,6-10H2,1-2H3;3-5,11-12,15H,6-10,19H2,1-2H3;3-4,11-15H,5-10H2,1-2H3;1-3,9-10,14H,4-8,16H2/b;19-15+;;;;/t10?,11?,12-,13-,14-,15?,16?;10-,11+,14-,16-;2*11-,12-,15-;11-,12-,13?,14?,15-;9-,10+,14-/m101110/s1. The number of hydrogen-bond donors (Lipinski definition) is 3. The maximum atomic E-state index is 12.8. The Hall–Kier alpha value is -9.05. The Kier molecular flexibility index (Phi) is 21.9. The van der Waals surface area contributed by atoms with Crippen molar-refractivity contribution in [2.24, 2.45) is 168 Å². The van der Waals surface area contributed by atoms with Crippen molar-refractivity contribution in [2.45, 2.75) is 243 Å². The number of hydrogen-bond acceptors (Lipinski definition) is 15. The van der Waals surface area contributed by atoms with Crippen molar-refractivity contribution in [3.05, 3.63) is 158 Å². The molecule has 3 aromatic rings. The van der Waals surface area contributed by atoms with Crippen LogP contribution >= 0.6 is 0 Å². The normalized spacial score (nSPS) is 38.4. The van der Waals surface area contributed by atoms with E-state index in [4.69, 9.17) is 16.7 Å². The summed E-state index contributed by atoms with van der Waals surface area (Å²) in [5, 5.41) is 23.4. The van der Waals surface area contributed by atoms with Crippen LogP contribution in [-0.4, -0.2) is 131 Å². The van der Waals surface area contributed by atoms with E-state index in [1.54, 1.807) is 34.1 Å². The summed E-state index contributed by atoms with van der Waals surface area (Å²) in [5.74, 6) is 13.6. The lowest BCUT2D eigenvalue weighted by molar-refractivity contribution is -0.385. The van der Waals surface area contributed by atoms with Crippen molar-refractivity contribution in [1.82, 2.24) is 29.4 Å². The molecule has 27 aliphatic rings. The highest BCUT2D eigenvalue weighted by atomic mass is 17.2. The number of oxime groups is 1. The van der Waals surface area contributed by atoms with Gasteiger partial charge in [-0.05, 0) is 316 Å². The number of rotatable bonds is 12. The number of allylic oxidation sites excluding steroid dienone is 7. The first-order valence-electron chi connectivity index (χ1n) is 49.3. The van der Waals surface area contributed by atoms with E-state index in [-0.39, 0.29) is 87.6 Å². The largest absolute Gasteiger partial charge is 0.398 e. The highest BCUT2D eigenvalue weighted by Crippen LogP contribution is 2.67. The lowest BCUT2D eigenvalue weighted by atomic mass is 9.44. The molecule has 6 unspecified atom stereocenters. The number of amides is 8. The fraction of sp³-hybridized carbons (Fsp3) is 0.651. The zero-order valence-corrected chi connectivity index (χ0v) is 77.2. The van der Waals surface area contributed by atoms with Gasteiger partial charge in [-0.1, -0.05) is 131 Å². The maximum absolute atomic E-state index is 12.8. The summed E-state index contributed by atoms with van der Waals surface area (Å²) in [6.07, 6.45) is 41.1. The molecule has 682 valence electrons. The van der Waals surface area contributed by atoms with E-state index >= 15 is 0 Å². The van der Waals surface area contributed by atoms with Gasteiger partial charge in [-0.15, -0.1) is 0 Å². The van der Waals surface area contributed by atoms with Gasteiger partial charge in [0, 0.05) is 103 Å². The Bertz CT molecular complexity index is 5210. The molecule has 18 saturated carbocycles. The summed E-state index contributed by atoms with van der Waals surface area (Å²) >= 11 is 0. The molecule has 0 radical (unpaired) electrons. The van der Waals surface area contributed by atoms with E-state index in [9.17, 15) is 48.5 Å². The van der Waals surface area contributed by atoms with E-state index in [0.717, 1.165) is 126 Å². The Balaban J connectivity index is 0.0000000966. The molecular weight excluding hydrogens is 1610 g/mol. The van der Waals surface area contributed by atoms with Crippen LogP contribution in [0.1, 0.15) is 259 Å². The number of fused-ring (bicyclic) bond motifs is 22. The topological polar surface area (TPSA) is 293 Å². The number of nitrogens with zero attached hydrogens (tertiary/aromatic N) is 8. The van der Waals surface area contributed by atoms with Gasteiger partial charge in [0.05, 0.1) is 51.8 Å². The van der Waals surface area contributed by atoms with Crippen molar-refractivity contribution >= 4 is 70.0 Å². The molecule has 25 atom stereocenters. The van der Waals surface area contributed by atoms with Crippen molar-refractivity contribution in [2.75, 3.05) is 37.6 Å². The second kappa shape index (κ2) is 32.2. The molecule has 8 amide bonds. The van der Waals surface area contributed by atoms with Crippen molar-refractivity contribution in [3.63, 3.8) is 0 Å². The molecule has 5 N–H and O–H groups in total. The second-order valence-corrected chi connectivity index (χ2v) is 46.7. The number of imide groups is 2. The predicted molar refractivity (Wildman–Crippen MR) is 489 cm³/mol. The number of carbonyl (C=O) groups excluding carboxylic acids is 8. The van der Waals surface area contributed by atoms with Crippen molar-refractivity contribution in [3.8, 4) is 0 Å². The van der Waals surface area contributed by atoms with Crippen molar-refractivity contribution < 1.29 is 53.5 Å². The maximum Gasteiger partial charge on any atom is 0.275 e. The monoisotopic (exact) mass is 1740 g/mol. The average Bonchev–Trinajstić information content (AvgIpc) is 1.41. The van der Waals surface area contributed by atoms with Crippen LogP contribution in [0.15, 0.2) is 120 Å². The number of nitro groups is 1. The molecule has 3 aromatic carbocycles. The lowest BCUT2D eigenvalue weighted by Crippen LogP contribution is -2.60. The number of nitrogens with two attached hydrogens (primary N) is 2. The third-order valence-corrected chi connectivity index (χ3v) is 40.0. The summed E-state index contributed by atoms with van der Waals surface area (Å²) in [6.45, 7) is 30.9. The molecular formula is C106H136N10O12. The van der Waals surface area contributed by atoms with E-state index in [0.29, 0.717) is 153 Å². The quantitative estimate of drug-likeness (QED) is 0.0379. The summed E-state index contributed by atoms with van der Waals surface area (Å²) < 4.78 is 0. The minimum absolute atomic E-state index is 0.0201. The lowest BCUT2D eigenvalue weighted by Gasteiger charge is -2.63. The molecule has 2 saturated heterocycles. The fourth-order valence-corrected chi connectivity index (χ4v) is 31.5. The third kappa shape index (κ3) is 14.0. The Morgan fingerprint density at radius 2 is 0.930 bits per heavy atom. The van der Waals surface area contributed by atoms with Gasteiger partial charge in [0.15, 0.2) is 0 Å².